The molecule has 0 aliphatic carbocycles. The second-order valence-electron chi connectivity index (χ2n) is 3.98. The lowest BCUT2D eigenvalue weighted by atomic mass is 10.3. The van der Waals surface area contributed by atoms with Gasteiger partial charge in [0.2, 0.25) is 0 Å². The second kappa shape index (κ2) is 5.94. The molecule has 0 spiro atoms. The smallest absolute Gasteiger partial charge is 0.180 e. The largest absolute Gasteiger partial charge is 0.379 e. The molecular formula is C13H14ClNO2S2. The normalized spacial score (nSPS) is 11.5. The summed E-state index contributed by atoms with van der Waals surface area (Å²) in [6.07, 6.45) is 0. The highest BCUT2D eigenvalue weighted by atomic mass is 35.5. The maximum Gasteiger partial charge on any atom is 0.180 e. The van der Waals surface area contributed by atoms with Gasteiger partial charge in [0, 0.05) is 16.8 Å². The van der Waals surface area contributed by atoms with Gasteiger partial charge in [-0.1, -0.05) is 30.7 Å². The van der Waals surface area contributed by atoms with Crippen LogP contribution in [0.4, 0.5) is 5.69 Å². The van der Waals surface area contributed by atoms with E-state index in [1.165, 1.54) is 0 Å². The number of hydrogen-bond donors (Lipinski definition) is 1. The molecule has 0 bridgehead atoms. The molecule has 0 saturated carbocycles. The number of halogens is 1. The van der Waals surface area contributed by atoms with Gasteiger partial charge in [-0.05, 0) is 18.2 Å². The lowest BCUT2D eigenvalue weighted by Crippen LogP contribution is -2.08. The minimum atomic E-state index is -3.21. The first kappa shape index (κ1) is 14.4. The predicted molar refractivity (Wildman–Crippen MR) is 80.8 cm³/mol. The third-order valence-electron chi connectivity index (χ3n) is 2.68. The maximum atomic E-state index is 12.0. The lowest BCUT2D eigenvalue weighted by molar-refractivity contribution is 0.597. The van der Waals surface area contributed by atoms with E-state index in [2.05, 4.69) is 5.32 Å². The molecule has 0 aliphatic heterocycles. The summed E-state index contributed by atoms with van der Waals surface area (Å²) in [5.41, 5.74) is 0.633. The number of para-hydroxylation sites is 1. The Kier molecular flexibility index (Phi) is 4.50. The van der Waals surface area contributed by atoms with Gasteiger partial charge < -0.3 is 5.32 Å². The number of thiophene rings is 1. The molecule has 6 heteroatoms. The first-order valence-corrected chi connectivity index (χ1v) is 8.72. The number of rotatable bonds is 5. The van der Waals surface area contributed by atoms with Crippen molar-refractivity contribution in [1.29, 1.82) is 0 Å². The fraction of sp³-hybridized carbons (Fsp3) is 0.231. The molecule has 1 heterocycles. The summed E-state index contributed by atoms with van der Waals surface area (Å²) in [7, 11) is -3.21. The van der Waals surface area contributed by atoms with Crippen LogP contribution in [0, 0.1) is 0 Å². The molecule has 1 aromatic carbocycles. The van der Waals surface area contributed by atoms with Crippen LogP contribution in [-0.2, 0) is 16.4 Å². The Morgan fingerprint density at radius 2 is 2.05 bits per heavy atom. The fourth-order valence-corrected chi connectivity index (χ4v) is 3.75. The molecule has 0 atom stereocenters. The molecule has 0 radical (unpaired) electrons. The van der Waals surface area contributed by atoms with Crippen molar-refractivity contribution in [1.82, 2.24) is 0 Å². The van der Waals surface area contributed by atoms with Gasteiger partial charge in [-0.15, -0.1) is 11.3 Å². The van der Waals surface area contributed by atoms with Crippen LogP contribution >= 0.6 is 22.9 Å². The van der Waals surface area contributed by atoms with Crippen LogP contribution in [-0.4, -0.2) is 14.2 Å². The van der Waals surface area contributed by atoms with Gasteiger partial charge in [0.25, 0.3) is 0 Å². The van der Waals surface area contributed by atoms with Crippen LogP contribution in [0.5, 0.6) is 0 Å². The molecule has 0 fully saturated rings. The summed E-state index contributed by atoms with van der Waals surface area (Å²) in [5.74, 6) is 0.0938. The minimum Gasteiger partial charge on any atom is -0.379 e. The molecule has 0 unspecified atom stereocenters. The summed E-state index contributed by atoms with van der Waals surface area (Å²) >= 11 is 7.40. The van der Waals surface area contributed by atoms with Crippen molar-refractivity contribution in [2.75, 3.05) is 11.1 Å². The van der Waals surface area contributed by atoms with Gasteiger partial charge in [0.15, 0.2) is 9.84 Å². The van der Waals surface area contributed by atoms with Gasteiger partial charge in [-0.2, -0.15) is 0 Å². The Bertz CT molecular complexity index is 665. The highest BCUT2D eigenvalue weighted by molar-refractivity contribution is 7.91. The van der Waals surface area contributed by atoms with Crippen LogP contribution in [0.3, 0.4) is 0 Å². The third kappa shape index (κ3) is 3.49. The zero-order chi connectivity index (χ0) is 13.9. The molecule has 0 aliphatic rings. The number of sulfone groups is 1. The van der Waals surface area contributed by atoms with Crippen molar-refractivity contribution in [2.24, 2.45) is 0 Å². The number of anilines is 1. The molecular weight excluding hydrogens is 302 g/mol. The average Bonchev–Trinajstić information content (AvgIpc) is 2.82. The van der Waals surface area contributed by atoms with E-state index in [9.17, 15) is 8.42 Å². The Labute approximate surface area is 122 Å². The van der Waals surface area contributed by atoms with Gasteiger partial charge in [0.05, 0.1) is 21.4 Å². The highest BCUT2D eigenvalue weighted by Gasteiger charge is 2.15. The second-order valence-corrected chi connectivity index (χ2v) is 7.66. The summed E-state index contributed by atoms with van der Waals surface area (Å²) in [6.45, 7) is 2.21. The minimum absolute atomic E-state index is 0.0938. The van der Waals surface area contributed by atoms with E-state index < -0.39 is 9.84 Å². The Morgan fingerprint density at radius 1 is 1.32 bits per heavy atom. The van der Waals surface area contributed by atoms with Crippen molar-refractivity contribution in [3.05, 3.63) is 45.6 Å². The van der Waals surface area contributed by atoms with E-state index in [0.717, 1.165) is 4.88 Å². The topological polar surface area (TPSA) is 46.2 Å². The first-order chi connectivity index (χ1) is 9.03. The molecule has 1 N–H and O–H groups in total. The van der Waals surface area contributed by atoms with Gasteiger partial charge in [-0.25, -0.2) is 8.42 Å². The van der Waals surface area contributed by atoms with Crippen LogP contribution in [0.15, 0.2) is 40.6 Å². The van der Waals surface area contributed by atoms with Gasteiger partial charge >= 0.3 is 0 Å². The van der Waals surface area contributed by atoms with Crippen molar-refractivity contribution < 1.29 is 8.42 Å². The molecule has 3 nitrogen and oxygen atoms in total. The Hall–Kier alpha value is -1.04. The van der Waals surface area contributed by atoms with E-state index in [1.807, 2.05) is 17.5 Å². The molecule has 2 rings (SSSR count). The van der Waals surface area contributed by atoms with E-state index in [0.29, 0.717) is 22.2 Å². The summed E-state index contributed by atoms with van der Waals surface area (Å²) in [6, 6.07) is 8.82. The third-order valence-corrected chi connectivity index (χ3v) is 5.75. The number of benzene rings is 1. The van der Waals surface area contributed by atoms with Crippen LogP contribution in [0.2, 0.25) is 5.02 Å². The predicted octanol–water partition coefficient (Wildman–Crippen LogP) is 3.81. The molecule has 0 amide bonds. The molecule has 102 valence electrons. The molecule has 1 aromatic heterocycles. The zero-order valence-corrected chi connectivity index (χ0v) is 12.8. The fourth-order valence-electron chi connectivity index (χ4n) is 1.67. The summed E-state index contributed by atoms with van der Waals surface area (Å²) in [5, 5.41) is 5.72. The maximum absolute atomic E-state index is 12.0. The molecule has 19 heavy (non-hydrogen) atoms. The lowest BCUT2D eigenvalue weighted by Gasteiger charge is -2.10. The zero-order valence-electron chi connectivity index (χ0n) is 10.4. The average molecular weight is 316 g/mol. The van der Waals surface area contributed by atoms with Crippen LogP contribution in [0.25, 0.3) is 0 Å². The number of hydrogen-bond acceptors (Lipinski definition) is 4. The highest BCUT2D eigenvalue weighted by Crippen LogP contribution is 2.24. The Balaban J connectivity index is 2.21. The van der Waals surface area contributed by atoms with Crippen LogP contribution in [0.1, 0.15) is 11.8 Å². The monoisotopic (exact) mass is 315 g/mol. The number of nitrogens with one attached hydrogen (secondary N) is 1. The van der Waals surface area contributed by atoms with Gasteiger partial charge in [0.1, 0.15) is 0 Å². The molecule has 2 aromatic rings. The van der Waals surface area contributed by atoms with E-state index in [4.69, 9.17) is 11.6 Å². The van der Waals surface area contributed by atoms with Crippen LogP contribution < -0.4 is 5.32 Å². The Morgan fingerprint density at radius 3 is 2.68 bits per heavy atom. The quantitative estimate of drug-likeness (QED) is 0.912. The SMILES string of the molecule is CCS(=O)(=O)c1ccccc1NCc1cc(Cl)cs1. The molecule has 0 saturated heterocycles. The first-order valence-electron chi connectivity index (χ1n) is 5.81. The van der Waals surface area contributed by atoms with Gasteiger partial charge in [-0.3, -0.25) is 0 Å². The standard InChI is InChI=1S/C13H14ClNO2S2/c1-2-19(16,17)13-6-4-3-5-12(13)15-8-11-7-10(14)9-18-11/h3-7,9,15H,2,8H2,1H3. The van der Waals surface area contributed by atoms with E-state index in [1.54, 1.807) is 36.5 Å². The summed E-state index contributed by atoms with van der Waals surface area (Å²) < 4.78 is 24.0. The van der Waals surface area contributed by atoms with Crippen molar-refractivity contribution in [3.63, 3.8) is 0 Å². The van der Waals surface area contributed by atoms with Crippen molar-refractivity contribution in [2.45, 2.75) is 18.4 Å². The summed E-state index contributed by atoms with van der Waals surface area (Å²) in [4.78, 5) is 1.41. The van der Waals surface area contributed by atoms with E-state index in [-0.39, 0.29) is 5.75 Å². The van der Waals surface area contributed by atoms with Crippen molar-refractivity contribution >= 4 is 38.5 Å². The van der Waals surface area contributed by atoms with E-state index >= 15 is 0 Å². The van der Waals surface area contributed by atoms with Crippen molar-refractivity contribution in [3.8, 4) is 0 Å².